The molecule has 0 aliphatic carbocycles. The second-order valence-electron chi connectivity index (χ2n) is 6.04. The Labute approximate surface area is 140 Å². The summed E-state index contributed by atoms with van der Waals surface area (Å²) in [6.07, 6.45) is 5.62. The zero-order valence-electron chi connectivity index (χ0n) is 14.0. The van der Waals surface area contributed by atoms with Crippen molar-refractivity contribution in [3.8, 4) is 5.75 Å². The summed E-state index contributed by atoms with van der Waals surface area (Å²) in [5, 5.41) is 7.92. The van der Waals surface area contributed by atoms with Gasteiger partial charge in [-0.15, -0.1) is 0 Å². The summed E-state index contributed by atoms with van der Waals surface area (Å²) in [6.45, 7) is 4.91. The Morgan fingerprint density at radius 3 is 2.71 bits per heavy atom. The zero-order valence-corrected chi connectivity index (χ0v) is 14.0. The minimum absolute atomic E-state index is 0.119. The average Bonchev–Trinajstić information content (AvgIpc) is 3.21. The molecule has 7 heteroatoms. The van der Waals surface area contributed by atoms with Crippen LogP contribution >= 0.6 is 0 Å². The molecule has 24 heavy (non-hydrogen) atoms. The van der Waals surface area contributed by atoms with Crippen LogP contribution in [0.1, 0.15) is 25.8 Å². The Morgan fingerprint density at radius 2 is 2.12 bits per heavy atom. The molecule has 126 valence electrons. The maximum Gasteiger partial charge on any atom is 0.261 e. The Hall–Kier alpha value is -2.83. The fourth-order valence-electron chi connectivity index (χ4n) is 2.43. The highest BCUT2D eigenvalue weighted by Crippen LogP contribution is 2.40. The van der Waals surface area contributed by atoms with Crippen molar-refractivity contribution in [1.82, 2.24) is 14.8 Å². The van der Waals surface area contributed by atoms with E-state index in [9.17, 15) is 0 Å². The molecule has 0 atom stereocenters. The van der Waals surface area contributed by atoms with E-state index in [2.05, 4.69) is 33.9 Å². The number of nitrogens with zero attached hydrogens (tertiary/aromatic N) is 4. The highest BCUT2D eigenvalue weighted by Gasteiger charge is 2.36. The summed E-state index contributed by atoms with van der Waals surface area (Å²) in [4.78, 5) is 8.68. The number of rotatable bonds is 5. The summed E-state index contributed by atoms with van der Waals surface area (Å²) in [5.41, 5.74) is 0.795. The Balaban J connectivity index is 1.91. The van der Waals surface area contributed by atoms with Gasteiger partial charge in [-0.1, -0.05) is 19.0 Å². The first kappa shape index (κ1) is 16.0. The number of ether oxygens (including phenoxy) is 2. The van der Waals surface area contributed by atoms with Gasteiger partial charge in [0, 0.05) is 5.41 Å². The van der Waals surface area contributed by atoms with E-state index in [1.807, 2.05) is 24.3 Å². The normalized spacial score (nSPS) is 18.5. The van der Waals surface area contributed by atoms with Gasteiger partial charge in [-0.25, -0.2) is 4.98 Å². The quantitative estimate of drug-likeness (QED) is 0.479. The molecule has 0 bridgehead atoms. The van der Waals surface area contributed by atoms with Crippen LogP contribution in [0, 0.1) is 5.41 Å². The number of hydrogen-bond acceptors (Lipinski definition) is 6. The molecule has 1 aromatic heterocycles. The molecule has 0 amide bonds. The minimum Gasteiger partial charge on any atom is -0.492 e. The molecule has 1 fully saturated rings. The van der Waals surface area contributed by atoms with Gasteiger partial charge < -0.3 is 14.3 Å². The topological polar surface area (TPSA) is 70.8 Å². The van der Waals surface area contributed by atoms with Gasteiger partial charge in [0.2, 0.25) is 0 Å². The summed E-state index contributed by atoms with van der Waals surface area (Å²) >= 11 is 0. The van der Waals surface area contributed by atoms with Crippen LogP contribution in [0.2, 0.25) is 0 Å². The van der Waals surface area contributed by atoms with Crippen molar-refractivity contribution in [2.24, 2.45) is 10.6 Å². The monoisotopic (exact) mass is 328 g/mol. The highest BCUT2D eigenvalue weighted by molar-refractivity contribution is 5.79. The summed E-state index contributed by atoms with van der Waals surface area (Å²) in [6, 6.07) is 7.50. The van der Waals surface area contributed by atoms with Crippen LogP contribution in [-0.2, 0) is 9.57 Å². The summed E-state index contributed by atoms with van der Waals surface area (Å²) < 4.78 is 13.5. The fraction of sp³-hybridized carbons (Fsp3) is 0.353. The van der Waals surface area contributed by atoms with Gasteiger partial charge in [0.1, 0.15) is 25.5 Å². The number of allylic oxidation sites excluding steroid dienone is 1. The van der Waals surface area contributed by atoms with Crippen molar-refractivity contribution in [3.05, 3.63) is 48.2 Å². The van der Waals surface area contributed by atoms with Crippen molar-refractivity contribution >= 4 is 12.1 Å². The average molecular weight is 328 g/mol. The molecule has 7 nitrogen and oxygen atoms in total. The third-order valence-electron chi connectivity index (χ3n) is 3.81. The van der Waals surface area contributed by atoms with E-state index in [0.717, 1.165) is 17.7 Å². The molecule has 1 aliphatic rings. The number of aromatic nitrogens is 3. The van der Waals surface area contributed by atoms with Crippen molar-refractivity contribution in [3.63, 3.8) is 0 Å². The molecule has 2 heterocycles. The Morgan fingerprint density at radius 1 is 1.33 bits per heavy atom. The van der Waals surface area contributed by atoms with Crippen LogP contribution < -0.4 is 4.74 Å². The number of hydrogen-bond donors (Lipinski definition) is 0. The fourth-order valence-corrected chi connectivity index (χ4v) is 2.43. The van der Waals surface area contributed by atoms with Crippen LogP contribution in [0.25, 0.3) is 5.88 Å². The maximum absolute atomic E-state index is 6.08. The molecule has 0 saturated carbocycles. The van der Waals surface area contributed by atoms with E-state index in [1.165, 1.54) is 13.4 Å². The summed E-state index contributed by atoms with van der Waals surface area (Å²) in [7, 11) is 1.51. The van der Waals surface area contributed by atoms with Gasteiger partial charge in [-0.2, -0.15) is 9.78 Å². The van der Waals surface area contributed by atoms with Crippen LogP contribution in [0.5, 0.6) is 5.75 Å². The third kappa shape index (κ3) is 3.40. The second-order valence-corrected chi connectivity index (χ2v) is 6.04. The molecule has 1 saturated heterocycles. The highest BCUT2D eigenvalue weighted by atomic mass is 16.6. The SMILES string of the molecule is CON=Cc1ccc(OC(=C2OCCC2(C)C)n2cncn2)cc1. The molecule has 2 aromatic rings. The van der Waals surface area contributed by atoms with Crippen molar-refractivity contribution < 1.29 is 14.3 Å². The predicted octanol–water partition coefficient (Wildman–Crippen LogP) is 2.91. The van der Waals surface area contributed by atoms with Gasteiger partial charge in [0.15, 0.2) is 5.76 Å². The lowest BCUT2D eigenvalue weighted by molar-refractivity contribution is 0.215. The molecular weight excluding hydrogens is 308 g/mol. The van der Waals surface area contributed by atoms with Gasteiger partial charge in [0.05, 0.1) is 12.8 Å². The first-order valence-electron chi connectivity index (χ1n) is 7.67. The molecular formula is C17H20N4O3. The van der Waals surface area contributed by atoms with E-state index < -0.39 is 0 Å². The van der Waals surface area contributed by atoms with Crippen molar-refractivity contribution in [2.45, 2.75) is 20.3 Å². The van der Waals surface area contributed by atoms with Crippen LogP contribution in [0.3, 0.4) is 0 Å². The number of oxime groups is 1. The predicted molar refractivity (Wildman–Crippen MR) is 89.3 cm³/mol. The zero-order chi connectivity index (χ0) is 17.0. The van der Waals surface area contributed by atoms with Crippen molar-refractivity contribution in [2.75, 3.05) is 13.7 Å². The van der Waals surface area contributed by atoms with E-state index >= 15 is 0 Å². The van der Waals surface area contributed by atoms with Gasteiger partial charge in [-0.05, 0) is 36.2 Å². The van der Waals surface area contributed by atoms with Crippen LogP contribution in [0.4, 0.5) is 0 Å². The van der Waals surface area contributed by atoms with E-state index in [-0.39, 0.29) is 5.41 Å². The molecule has 0 spiro atoms. The molecule has 1 aliphatic heterocycles. The summed E-state index contributed by atoms with van der Waals surface area (Å²) in [5.74, 6) is 1.99. The maximum atomic E-state index is 6.08. The first-order chi connectivity index (χ1) is 11.6. The smallest absolute Gasteiger partial charge is 0.261 e. The third-order valence-corrected chi connectivity index (χ3v) is 3.81. The molecule has 0 radical (unpaired) electrons. The van der Waals surface area contributed by atoms with E-state index in [4.69, 9.17) is 9.47 Å². The largest absolute Gasteiger partial charge is 0.492 e. The molecule has 1 aromatic carbocycles. The second kappa shape index (κ2) is 6.74. The van der Waals surface area contributed by atoms with Gasteiger partial charge in [-0.3, -0.25) is 0 Å². The lowest BCUT2D eigenvalue weighted by Gasteiger charge is -2.20. The van der Waals surface area contributed by atoms with Gasteiger partial charge in [0.25, 0.3) is 5.88 Å². The lowest BCUT2D eigenvalue weighted by atomic mass is 9.89. The number of benzene rings is 1. The lowest BCUT2D eigenvalue weighted by Crippen LogP contribution is -2.16. The molecule has 0 unspecified atom stereocenters. The Kier molecular flexibility index (Phi) is 4.50. The van der Waals surface area contributed by atoms with Crippen LogP contribution in [0.15, 0.2) is 47.8 Å². The Bertz CT molecular complexity index is 734. The van der Waals surface area contributed by atoms with E-state index in [0.29, 0.717) is 18.2 Å². The minimum atomic E-state index is -0.119. The molecule has 0 N–H and O–H groups in total. The molecule has 3 rings (SSSR count). The standard InChI is InChI=1S/C17H20N4O3/c1-17(2)8-9-23-15(17)16(21-12-18-11-19-21)24-14-6-4-13(5-7-14)10-20-22-3/h4-7,10-12H,8-9H2,1-3H3. The van der Waals surface area contributed by atoms with Crippen LogP contribution in [-0.4, -0.2) is 34.7 Å². The first-order valence-corrected chi connectivity index (χ1v) is 7.67. The van der Waals surface area contributed by atoms with Gasteiger partial charge >= 0.3 is 0 Å². The van der Waals surface area contributed by atoms with E-state index in [1.54, 1.807) is 17.2 Å². The van der Waals surface area contributed by atoms with Crippen molar-refractivity contribution in [1.29, 1.82) is 0 Å².